The zero-order valence-corrected chi connectivity index (χ0v) is 8.34. The molecule has 0 atom stereocenters. The molecule has 1 aromatic carbocycles. The van der Waals surface area contributed by atoms with Gasteiger partial charge in [0.15, 0.2) is 0 Å². The van der Waals surface area contributed by atoms with Crippen molar-refractivity contribution in [2.45, 2.75) is 38.5 Å². The quantitative estimate of drug-likeness (QED) is 0.752. The molecule has 0 saturated heterocycles. The van der Waals surface area contributed by atoms with Gasteiger partial charge in [0.25, 0.3) is 0 Å². The maximum absolute atomic E-state index is 3.54. The zero-order valence-electron chi connectivity index (χ0n) is 8.34. The maximum Gasteiger partial charge on any atom is 0.0212 e. The lowest BCUT2D eigenvalue weighted by Crippen LogP contribution is -2.15. The Balaban J connectivity index is 1.71. The molecule has 0 amide bonds. The highest BCUT2D eigenvalue weighted by molar-refractivity contribution is 5.34. The summed E-state index contributed by atoms with van der Waals surface area (Å²) in [5.41, 5.74) is 4.39. The Bertz CT molecular complexity index is 342. The van der Waals surface area contributed by atoms with Gasteiger partial charge in [0, 0.05) is 25.7 Å². The van der Waals surface area contributed by atoms with E-state index >= 15 is 0 Å². The summed E-state index contributed by atoms with van der Waals surface area (Å²) in [7, 11) is 0. The topological polar surface area (TPSA) is 24.1 Å². The van der Waals surface area contributed by atoms with Crippen LogP contribution in [-0.2, 0) is 19.6 Å². The van der Waals surface area contributed by atoms with Crippen LogP contribution in [0.5, 0.6) is 0 Å². The largest absolute Gasteiger partial charge is 0.310 e. The molecule has 2 N–H and O–H groups in total. The molecule has 1 aliphatic heterocycles. The molecule has 1 aromatic rings. The molecule has 0 radical (unpaired) electrons. The minimum Gasteiger partial charge on any atom is -0.310 e. The van der Waals surface area contributed by atoms with E-state index in [9.17, 15) is 0 Å². The Hall–Kier alpha value is -0.860. The van der Waals surface area contributed by atoms with Gasteiger partial charge >= 0.3 is 0 Å². The summed E-state index contributed by atoms with van der Waals surface area (Å²) in [4.78, 5) is 0. The van der Waals surface area contributed by atoms with Gasteiger partial charge in [-0.05, 0) is 29.5 Å². The minimum absolute atomic E-state index is 0.807. The molecule has 14 heavy (non-hydrogen) atoms. The van der Waals surface area contributed by atoms with E-state index < -0.39 is 0 Å². The van der Waals surface area contributed by atoms with Gasteiger partial charge in [0.2, 0.25) is 0 Å². The van der Waals surface area contributed by atoms with Crippen LogP contribution in [0.3, 0.4) is 0 Å². The highest BCUT2D eigenvalue weighted by Gasteiger charge is 2.20. The van der Waals surface area contributed by atoms with Crippen molar-refractivity contribution in [3.05, 3.63) is 34.9 Å². The first-order chi connectivity index (χ1) is 6.92. The monoisotopic (exact) mass is 188 g/mol. The smallest absolute Gasteiger partial charge is 0.0212 e. The van der Waals surface area contributed by atoms with Crippen molar-refractivity contribution in [2.75, 3.05) is 0 Å². The molecule has 1 aliphatic carbocycles. The lowest BCUT2D eigenvalue weighted by molar-refractivity contribution is 0.687. The number of rotatable bonds is 3. The standard InChI is InChI=1S/C12H16N2/c1-2-10-7-13-8-11(10)5-9(1)6-14-12-3-4-12/h1-2,5,12-14H,3-4,6-8H2. The predicted molar refractivity (Wildman–Crippen MR) is 56.8 cm³/mol. The van der Waals surface area contributed by atoms with Crippen LogP contribution in [0, 0.1) is 0 Å². The Morgan fingerprint density at radius 1 is 1.21 bits per heavy atom. The SMILES string of the molecule is c1cc2c(cc1CNC1CC1)CNC2. The first-order valence-corrected chi connectivity index (χ1v) is 5.46. The average Bonchev–Trinajstić information content (AvgIpc) is 2.92. The summed E-state index contributed by atoms with van der Waals surface area (Å²) < 4.78 is 0. The summed E-state index contributed by atoms with van der Waals surface area (Å²) in [6, 6.07) is 7.66. The molecule has 0 spiro atoms. The normalized spacial score (nSPS) is 19.7. The van der Waals surface area contributed by atoms with Crippen molar-refractivity contribution in [1.29, 1.82) is 0 Å². The lowest BCUT2D eigenvalue weighted by atomic mass is 10.1. The third-order valence-corrected chi connectivity index (χ3v) is 3.07. The van der Waals surface area contributed by atoms with Gasteiger partial charge in [-0.25, -0.2) is 0 Å². The van der Waals surface area contributed by atoms with Crippen LogP contribution in [0.15, 0.2) is 18.2 Å². The summed E-state index contributed by atoms with van der Waals surface area (Å²) in [5, 5.41) is 6.92. The number of hydrogen-bond acceptors (Lipinski definition) is 2. The Kier molecular flexibility index (Phi) is 2.03. The third-order valence-electron chi connectivity index (χ3n) is 3.07. The van der Waals surface area contributed by atoms with E-state index in [1.165, 1.54) is 29.5 Å². The van der Waals surface area contributed by atoms with Gasteiger partial charge in [-0.3, -0.25) is 0 Å². The highest BCUT2D eigenvalue weighted by Crippen LogP contribution is 2.21. The van der Waals surface area contributed by atoms with E-state index in [1.807, 2.05) is 0 Å². The fourth-order valence-corrected chi connectivity index (χ4v) is 2.01. The first kappa shape index (κ1) is 8.45. The van der Waals surface area contributed by atoms with Gasteiger partial charge < -0.3 is 10.6 Å². The van der Waals surface area contributed by atoms with E-state index in [4.69, 9.17) is 0 Å². The summed E-state index contributed by atoms with van der Waals surface area (Å²) in [6.45, 7) is 3.14. The number of nitrogens with one attached hydrogen (secondary N) is 2. The van der Waals surface area contributed by atoms with Crippen molar-refractivity contribution in [3.8, 4) is 0 Å². The zero-order chi connectivity index (χ0) is 9.38. The van der Waals surface area contributed by atoms with Crippen molar-refractivity contribution >= 4 is 0 Å². The van der Waals surface area contributed by atoms with Crippen LogP contribution in [0.2, 0.25) is 0 Å². The van der Waals surface area contributed by atoms with Gasteiger partial charge in [-0.1, -0.05) is 18.2 Å². The fraction of sp³-hybridized carbons (Fsp3) is 0.500. The Labute approximate surface area is 84.7 Å². The molecule has 2 heteroatoms. The van der Waals surface area contributed by atoms with Crippen molar-refractivity contribution in [2.24, 2.45) is 0 Å². The van der Waals surface area contributed by atoms with Crippen LogP contribution < -0.4 is 10.6 Å². The minimum atomic E-state index is 0.807. The van der Waals surface area contributed by atoms with E-state index in [1.54, 1.807) is 0 Å². The van der Waals surface area contributed by atoms with Crippen LogP contribution in [0.1, 0.15) is 29.5 Å². The van der Waals surface area contributed by atoms with Crippen LogP contribution in [0.4, 0.5) is 0 Å². The van der Waals surface area contributed by atoms with E-state index in [0.717, 1.165) is 25.7 Å². The molecule has 0 aromatic heterocycles. The van der Waals surface area contributed by atoms with Gasteiger partial charge in [0.1, 0.15) is 0 Å². The third kappa shape index (κ3) is 1.68. The Morgan fingerprint density at radius 3 is 2.93 bits per heavy atom. The molecule has 74 valence electrons. The second kappa shape index (κ2) is 3.37. The predicted octanol–water partition coefficient (Wildman–Crippen LogP) is 1.54. The second-order valence-corrected chi connectivity index (χ2v) is 4.36. The highest BCUT2D eigenvalue weighted by atomic mass is 14.9. The lowest BCUT2D eigenvalue weighted by Gasteiger charge is -2.05. The van der Waals surface area contributed by atoms with Gasteiger partial charge in [-0.15, -0.1) is 0 Å². The first-order valence-electron chi connectivity index (χ1n) is 5.46. The molecule has 3 rings (SSSR count). The van der Waals surface area contributed by atoms with Gasteiger partial charge in [0.05, 0.1) is 0 Å². The van der Waals surface area contributed by atoms with E-state index in [0.29, 0.717) is 0 Å². The van der Waals surface area contributed by atoms with E-state index in [2.05, 4.69) is 28.8 Å². The molecule has 0 bridgehead atoms. The molecular formula is C12H16N2. The van der Waals surface area contributed by atoms with Gasteiger partial charge in [-0.2, -0.15) is 0 Å². The second-order valence-electron chi connectivity index (χ2n) is 4.36. The summed E-state index contributed by atoms with van der Waals surface area (Å²) in [5.74, 6) is 0. The average molecular weight is 188 g/mol. The number of fused-ring (bicyclic) bond motifs is 1. The fourth-order valence-electron chi connectivity index (χ4n) is 2.01. The molecule has 1 saturated carbocycles. The molecule has 2 nitrogen and oxygen atoms in total. The molecule has 2 aliphatic rings. The maximum atomic E-state index is 3.54. The van der Waals surface area contributed by atoms with Crippen LogP contribution in [-0.4, -0.2) is 6.04 Å². The molecule has 1 fully saturated rings. The molecule has 0 unspecified atom stereocenters. The van der Waals surface area contributed by atoms with E-state index in [-0.39, 0.29) is 0 Å². The number of benzene rings is 1. The van der Waals surface area contributed by atoms with Crippen molar-refractivity contribution in [3.63, 3.8) is 0 Å². The Morgan fingerprint density at radius 2 is 2.07 bits per heavy atom. The summed E-state index contributed by atoms with van der Waals surface area (Å²) >= 11 is 0. The summed E-state index contributed by atoms with van der Waals surface area (Å²) in [6.07, 6.45) is 2.74. The van der Waals surface area contributed by atoms with Crippen LogP contribution in [0.25, 0.3) is 0 Å². The van der Waals surface area contributed by atoms with Crippen LogP contribution >= 0.6 is 0 Å². The molecule has 1 heterocycles. The molecular weight excluding hydrogens is 172 g/mol. The van der Waals surface area contributed by atoms with Crippen molar-refractivity contribution in [1.82, 2.24) is 10.6 Å². The number of hydrogen-bond donors (Lipinski definition) is 2. The van der Waals surface area contributed by atoms with Crippen molar-refractivity contribution < 1.29 is 0 Å².